The highest BCUT2D eigenvalue weighted by molar-refractivity contribution is 6.30. The van der Waals surface area contributed by atoms with Crippen LogP contribution < -0.4 is 5.73 Å². The Kier molecular flexibility index (Phi) is 3.66. The molecule has 2 aromatic carbocycles. The molecule has 0 bridgehead atoms. The predicted molar refractivity (Wildman–Crippen MR) is 82.8 cm³/mol. The van der Waals surface area contributed by atoms with E-state index in [0.717, 1.165) is 16.9 Å². The highest BCUT2D eigenvalue weighted by Gasteiger charge is 2.17. The van der Waals surface area contributed by atoms with E-state index in [0.29, 0.717) is 12.0 Å². The molecule has 0 aliphatic carbocycles. The van der Waals surface area contributed by atoms with Crippen molar-refractivity contribution in [3.05, 3.63) is 64.7 Å². The molecule has 0 aliphatic heterocycles. The second kappa shape index (κ2) is 5.47. The molecular weight excluding hydrogens is 289 g/mol. The van der Waals surface area contributed by atoms with Crippen molar-refractivity contribution >= 4 is 22.6 Å². The van der Waals surface area contributed by atoms with Crippen molar-refractivity contribution in [1.82, 2.24) is 9.55 Å². The summed E-state index contributed by atoms with van der Waals surface area (Å²) in [6.07, 6.45) is 0.447. The first kappa shape index (κ1) is 14.0. The largest absolute Gasteiger partial charge is 0.331 e. The zero-order valence-electron chi connectivity index (χ0n) is 11.6. The molecule has 0 amide bonds. The normalized spacial score (nSPS) is 12.8. The average molecular weight is 304 g/mol. The van der Waals surface area contributed by atoms with Gasteiger partial charge >= 0.3 is 0 Å². The van der Waals surface area contributed by atoms with Crippen LogP contribution in [-0.4, -0.2) is 9.55 Å². The van der Waals surface area contributed by atoms with Crippen LogP contribution in [0.1, 0.15) is 17.4 Å². The summed E-state index contributed by atoms with van der Waals surface area (Å²) < 4.78 is 16.0. The third-order valence-corrected chi connectivity index (χ3v) is 3.96. The maximum absolute atomic E-state index is 14.0. The smallest absolute Gasteiger partial charge is 0.146 e. The van der Waals surface area contributed by atoms with Crippen LogP contribution in [-0.2, 0) is 13.5 Å². The first-order valence-electron chi connectivity index (χ1n) is 6.67. The van der Waals surface area contributed by atoms with Crippen molar-refractivity contribution in [3.8, 4) is 0 Å². The van der Waals surface area contributed by atoms with Gasteiger partial charge in [0.2, 0.25) is 0 Å². The van der Waals surface area contributed by atoms with Gasteiger partial charge in [0.15, 0.2) is 0 Å². The number of imidazole rings is 1. The van der Waals surface area contributed by atoms with Gasteiger partial charge in [-0.05, 0) is 18.2 Å². The van der Waals surface area contributed by atoms with E-state index in [1.165, 1.54) is 6.07 Å². The summed E-state index contributed by atoms with van der Waals surface area (Å²) in [5, 5.41) is 0.0907. The van der Waals surface area contributed by atoms with Gasteiger partial charge in [0.25, 0.3) is 0 Å². The van der Waals surface area contributed by atoms with Gasteiger partial charge in [-0.3, -0.25) is 0 Å². The Balaban J connectivity index is 1.94. The SMILES string of the molecule is Cn1c(CC(N)c2cccc(Cl)c2F)nc2ccccc21. The molecule has 0 radical (unpaired) electrons. The number of rotatable bonds is 3. The first-order valence-corrected chi connectivity index (χ1v) is 7.05. The van der Waals surface area contributed by atoms with Crippen molar-refractivity contribution in [2.24, 2.45) is 12.8 Å². The van der Waals surface area contributed by atoms with Crippen LogP contribution in [0.2, 0.25) is 5.02 Å². The Morgan fingerprint density at radius 3 is 2.76 bits per heavy atom. The molecule has 0 aliphatic rings. The van der Waals surface area contributed by atoms with Gasteiger partial charge in [-0.2, -0.15) is 0 Å². The third-order valence-electron chi connectivity index (χ3n) is 3.66. The molecule has 5 heteroatoms. The topological polar surface area (TPSA) is 43.8 Å². The van der Waals surface area contributed by atoms with Crippen molar-refractivity contribution in [1.29, 1.82) is 0 Å². The van der Waals surface area contributed by atoms with Crippen LogP contribution in [0, 0.1) is 5.82 Å². The minimum absolute atomic E-state index is 0.0907. The maximum atomic E-state index is 14.0. The number of hydrogen-bond acceptors (Lipinski definition) is 2. The van der Waals surface area contributed by atoms with Crippen LogP contribution in [0.25, 0.3) is 11.0 Å². The Hall–Kier alpha value is -1.91. The highest BCUT2D eigenvalue weighted by atomic mass is 35.5. The first-order chi connectivity index (χ1) is 10.1. The second-order valence-electron chi connectivity index (χ2n) is 5.03. The van der Waals surface area contributed by atoms with E-state index in [1.54, 1.807) is 12.1 Å². The zero-order valence-corrected chi connectivity index (χ0v) is 12.3. The van der Waals surface area contributed by atoms with Crippen LogP contribution in [0.3, 0.4) is 0 Å². The molecule has 0 fully saturated rings. The van der Waals surface area contributed by atoms with E-state index in [2.05, 4.69) is 4.98 Å². The highest BCUT2D eigenvalue weighted by Crippen LogP contribution is 2.25. The van der Waals surface area contributed by atoms with Gasteiger partial charge in [0, 0.05) is 25.1 Å². The Morgan fingerprint density at radius 1 is 1.24 bits per heavy atom. The molecule has 3 nitrogen and oxygen atoms in total. The standard InChI is InChI=1S/C16H15ClFN3/c1-21-14-8-3-2-7-13(14)20-15(21)9-12(19)10-5-4-6-11(17)16(10)18/h2-8,12H,9,19H2,1H3. The number of fused-ring (bicyclic) bond motifs is 1. The van der Waals surface area contributed by atoms with E-state index in [1.807, 2.05) is 35.9 Å². The molecule has 0 spiro atoms. The number of aromatic nitrogens is 2. The molecule has 21 heavy (non-hydrogen) atoms. The number of hydrogen-bond donors (Lipinski definition) is 1. The van der Waals surface area contributed by atoms with Crippen LogP contribution >= 0.6 is 11.6 Å². The van der Waals surface area contributed by atoms with E-state index in [-0.39, 0.29) is 5.02 Å². The monoisotopic (exact) mass is 303 g/mol. The van der Waals surface area contributed by atoms with E-state index in [4.69, 9.17) is 17.3 Å². The van der Waals surface area contributed by atoms with Gasteiger partial charge in [-0.15, -0.1) is 0 Å². The minimum Gasteiger partial charge on any atom is -0.331 e. The second-order valence-corrected chi connectivity index (χ2v) is 5.44. The Morgan fingerprint density at radius 2 is 2.00 bits per heavy atom. The lowest BCUT2D eigenvalue weighted by Crippen LogP contribution is -2.17. The molecule has 0 saturated heterocycles. The molecule has 108 valence electrons. The van der Waals surface area contributed by atoms with Gasteiger partial charge in [0.1, 0.15) is 11.6 Å². The lowest BCUT2D eigenvalue weighted by atomic mass is 10.0. The molecule has 1 aromatic heterocycles. The number of benzene rings is 2. The van der Waals surface area contributed by atoms with Crippen LogP contribution in [0.15, 0.2) is 42.5 Å². The number of aryl methyl sites for hydroxylation is 1. The quantitative estimate of drug-likeness (QED) is 0.803. The maximum Gasteiger partial charge on any atom is 0.146 e. The molecule has 2 N–H and O–H groups in total. The minimum atomic E-state index is -0.487. The van der Waals surface area contributed by atoms with Crippen molar-refractivity contribution in [2.45, 2.75) is 12.5 Å². The van der Waals surface area contributed by atoms with Gasteiger partial charge in [0.05, 0.1) is 16.1 Å². The molecular formula is C16H15ClFN3. The molecule has 1 atom stereocenters. The van der Waals surface area contributed by atoms with Crippen molar-refractivity contribution < 1.29 is 4.39 Å². The van der Waals surface area contributed by atoms with Crippen molar-refractivity contribution in [2.75, 3.05) is 0 Å². The lowest BCUT2D eigenvalue weighted by molar-refractivity contribution is 0.571. The number of nitrogens with two attached hydrogens (primary N) is 1. The van der Waals surface area contributed by atoms with E-state index in [9.17, 15) is 4.39 Å². The van der Waals surface area contributed by atoms with E-state index >= 15 is 0 Å². The zero-order chi connectivity index (χ0) is 15.0. The summed E-state index contributed by atoms with van der Waals surface area (Å²) >= 11 is 5.81. The predicted octanol–water partition coefficient (Wildman–Crippen LogP) is 3.61. The molecule has 3 rings (SSSR count). The molecule has 1 unspecified atom stereocenters. The summed E-state index contributed by atoms with van der Waals surface area (Å²) in [6, 6.07) is 12.2. The molecule has 3 aromatic rings. The summed E-state index contributed by atoms with van der Waals surface area (Å²) in [4.78, 5) is 4.56. The van der Waals surface area contributed by atoms with Gasteiger partial charge in [-0.1, -0.05) is 35.9 Å². The molecule has 1 heterocycles. The number of para-hydroxylation sites is 2. The number of nitrogens with zero attached hydrogens (tertiary/aromatic N) is 2. The average Bonchev–Trinajstić information content (AvgIpc) is 2.79. The van der Waals surface area contributed by atoms with E-state index < -0.39 is 11.9 Å². The third kappa shape index (κ3) is 2.52. The van der Waals surface area contributed by atoms with Crippen LogP contribution in [0.5, 0.6) is 0 Å². The van der Waals surface area contributed by atoms with Crippen molar-refractivity contribution in [3.63, 3.8) is 0 Å². The fourth-order valence-corrected chi connectivity index (χ4v) is 2.67. The van der Waals surface area contributed by atoms with Gasteiger partial charge in [-0.25, -0.2) is 9.37 Å². The number of halogens is 2. The Bertz CT molecular complexity index is 797. The van der Waals surface area contributed by atoms with Gasteiger partial charge < -0.3 is 10.3 Å². The Labute approximate surface area is 127 Å². The lowest BCUT2D eigenvalue weighted by Gasteiger charge is -2.13. The fourth-order valence-electron chi connectivity index (χ4n) is 2.49. The van der Waals surface area contributed by atoms with Crippen LogP contribution in [0.4, 0.5) is 4.39 Å². The molecule has 0 saturated carbocycles. The fraction of sp³-hybridized carbons (Fsp3) is 0.188. The summed E-state index contributed by atoms with van der Waals surface area (Å²) in [5.74, 6) is 0.369. The summed E-state index contributed by atoms with van der Waals surface area (Å²) in [5.41, 5.74) is 8.49. The summed E-state index contributed by atoms with van der Waals surface area (Å²) in [7, 11) is 1.94. The summed E-state index contributed by atoms with van der Waals surface area (Å²) in [6.45, 7) is 0.